The van der Waals surface area contributed by atoms with Crippen molar-refractivity contribution in [3.8, 4) is 0 Å². The summed E-state index contributed by atoms with van der Waals surface area (Å²) >= 11 is 12.0. The van der Waals surface area contributed by atoms with Gasteiger partial charge >= 0.3 is 0 Å². The highest BCUT2D eigenvalue weighted by atomic mass is 35.5. The molecule has 3 rings (SSSR count). The molecular formula is C18H18Cl2N2O3S. The van der Waals surface area contributed by atoms with Gasteiger partial charge in [0.25, 0.3) is 5.91 Å². The highest BCUT2D eigenvalue weighted by Crippen LogP contribution is 2.29. The first-order valence-electron chi connectivity index (χ1n) is 8.15. The minimum absolute atomic E-state index is 0.128. The van der Waals surface area contributed by atoms with Gasteiger partial charge in [-0.25, -0.2) is 8.42 Å². The van der Waals surface area contributed by atoms with E-state index in [0.29, 0.717) is 39.9 Å². The van der Waals surface area contributed by atoms with Crippen molar-refractivity contribution in [1.82, 2.24) is 0 Å². The lowest BCUT2D eigenvalue weighted by atomic mass is 10.1. The number of benzene rings is 2. The predicted molar refractivity (Wildman–Crippen MR) is 106 cm³/mol. The summed E-state index contributed by atoms with van der Waals surface area (Å²) in [5.74, 6) is -0.242. The number of anilines is 2. The number of carbonyl (C=O) groups is 1. The van der Waals surface area contributed by atoms with Gasteiger partial charge in [-0.05, 0) is 55.7 Å². The molecule has 0 unspecified atom stereocenters. The summed E-state index contributed by atoms with van der Waals surface area (Å²) in [6.07, 6.45) is 1.46. The van der Waals surface area contributed by atoms with Crippen LogP contribution in [0.5, 0.6) is 0 Å². The van der Waals surface area contributed by atoms with Crippen molar-refractivity contribution in [1.29, 1.82) is 0 Å². The van der Waals surface area contributed by atoms with Crippen LogP contribution in [0.25, 0.3) is 0 Å². The first-order valence-corrected chi connectivity index (χ1v) is 10.5. The Bertz CT molecular complexity index is 961. The smallest absolute Gasteiger partial charge is 0.255 e. The molecule has 1 aliphatic heterocycles. The zero-order valence-corrected chi connectivity index (χ0v) is 16.5. The predicted octanol–water partition coefficient (Wildman–Crippen LogP) is 4.48. The van der Waals surface area contributed by atoms with Crippen molar-refractivity contribution >= 4 is 50.5 Å². The van der Waals surface area contributed by atoms with Crippen molar-refractivity contribution in [2.45, 2.75) is 19.8 Å². The van der Waals surface area contributed by atoms with Crippen LogP contribution in [0, 0.1) is 6.92 Å². The van der Waals surface area contributed by atoms with Gasteiger partial charge in [0.2, 0.25) is 10.0 Å². The van der Waals surface area contributed by atoms with E-state index in [4.69, 9.17) is 23.2 Å². The van der Waals surface area contributed by atoms with E-state index < -0.39 is 10.0 Å². The Balaban J connectivity index is 1.90. The second-order valence-electron chi connectivity index (χ2n) is 6.17. The van der Waals surface area contributed by atoms with Gasteiger partial charge < -0.3 is 5.32 Å². The molecule has 1 amide bonds. The molecule has 0 saturated carbocycles. The third-order valence-corrected chi connectivity index (χ3v) is 6.67. The molecule has 0 spiro atoms. The molecule has 8 heteroatoms. The monoisotopic (exact) mass is 412 g/mol. The second-order valence-corrected chi connectivity index (χ2v) is 9.03. The van der Waals surface area contributed by atoms with Crippen LogP contribution < -0.4 is 9.62 Å². The molecule has 0 aliphatic carbocycles. The first kappa shape index (κ1) is 19.0. The van der Waals surface area contributed by atoms with Gasteiger partial charge in [-0.3, -0.25) is 9.10 Å². The number of nitrogens with one attached hydrogen (secondary N) is 1. The van der Waals surface area contributed by atoms with E-state index in [9.17, 15) is 13.2 Å². The van der Waals surface area contributed by atoms with E-state index in [-0.39, 0.29) is 11.7 Å². The number of nitrogens with zero attached hydrogens (tertiary/aromatic N) is 1. The van der Waals surface area contributed by atoms with Crippen molar-refractivity contribution in [3.63, 3.8) is 0 Å². The van der Waals surface area contributed by atoms with Crippen molar-refractivity contribution < 1.29 is 13.2 Å². The first-order chi connectivity index (χ1) is 12.3. The molecule has 0 bridgehead atoms. The Morgan fingerprint density at radius 3 is 2.58 bits per heavy atom. The summed E-state index contributed by atoms with van der Waals surface area (Å²) in [6, 6.07) is 9.81. The number of hydrogen-bond acceptors (Lipinski definition) is 3. The molecule has 1 N–H and O–H groups in total. The molecule has 1 saturated heterocycles. The fraction of sp³-hybridized carbons (Fsp3) is 0.278. The van der Waals surface area contributed by atoms with Crippen LogP contribution in [0.4, 0.5) is 11.4 Å². The fourth-order valence-electron chi connectivity index (χ4n) is 2.86. The van der Waals surface area contributed by atoms with Crippen molar-refractivity contribution in [2.24, 2.45) is 0 Å². The molecular weight excluding hydrogens is 395 g/mol. The summed E-state index contributed by atoms with van der Waals surface area (Å²) in [5, 5.41) is 3.53. The molecule has 0 atom stereocenters. The molecule has 1 aliphatic rings. The molecule has 0 aromatic heterocycles. The normalized spacial score (nSPS) is 16.3. The largest absolute Gasteiger partial charge is 0.321 e. The highest BCUT2D eigenvalue weighted by Gasteiger charge is 2.27. The number of aryl methyl sites for hydroxylation is 1. The average Bonchev–Trinajstić information content (AvgIpc) is 2.58. The number of carbonyl (C=O) groups excluding carboxylic acids is 1. The van der Waals surface area contributed by atoms with Gasteiger partial charge in [-0.15, -0.1) is 0 Å². The van der Waals surface area contributed by atoms with Gasteiger partial charge in [0.15, 0.2) is 0 Å². The zero-order chi connectivity index (χ0) is 18.9. The Morgan fingerprint density at radius 2 is 1.88 bits per heavy atom. The average molecular weight is 413 g/mol. The molecule has 0 radical (unpaired) electrons. The summed E-state index contributed by atoms with van der Waals surface area (Å²) in [7, 11) is -3.35. The number of sulfonamides is 1. The Labute approximate surface area is 163 Å². The lowest BCUT2D eigenvalue weighted by Gasteiger charge is -2.29. The zero-order valence-electron chi connectivity index (χ0n) is 14.1. The maximum Gasteiger partial charge on any atom is 0.255 e. The van der Waals surface area contributed by atoms with E-state index in [1.165, 1.54) is 4.31 Å². The number of rotatable bonds is 3. The molecule has 5 nitrogen and oxygen atoms in total. The third kappa shape index (κ3) is 3.98. The van der Waals surface area contributed by atoms with Crippen LogP contribution in [0.3, 0.4) is 0 Å². The summed E-state index contributed by atoms with van der Waals surface area (Å²) in [6.45, 7) is 2.26. The van der Waals surface area contributed by atoms with Crippen molar-refractivity contribution in [2.75, 3.05) is 21.9 Å². The lowest BCUT2D eigenvalue weighted by molar-refractivity contribution is 0.102. The Hall–Kier alpha value is -1.76. The Morgan fingerprint density at radius 1 is 1.12 bits per heavy atom. The SMILES string of the molecule is Cc1ccc(C(=O)Nc2ccc(Cl)cc2Cl)cc1N1CCCCS1(=O)=O. The van der Waals surface area contributed by atoms with Crippen molar-refractivity contribution in [3.05, 3.63) is 57.6 Å². The maximum absolute atomic E-state index is 12.6. The standard InChI is InChI=1S/C18H18Cl2N2O3S/c1-12-4-5-13(10-17(12)22-8-2-3-9-26(22,24)25)18(23)21-16-7-6-14(19)11-15(16)20/h4-7,10-11H,2-3,8-9H2,1H3,(H,21,23). The topological polar surface area (TPSA) is 66.5 Å². The quantitative estimate of drug-likeness (QED) is 0.807. The van der Waals surface area contributed by atoms with Gasteiger partial charge in [-0.1, -0.05) is 29.3 Å². The molecule has 26 heavy (non-hydrogen) atoms. The van der Waals surface area contributed by atoms with E-state index >= 15 is 0 Å². The van der Waals surface area contributed by atoms with Crippen LogP contribution in [0.2, 0.25) is 10.0 Å². The summed E-state index contributed by atoms with van der Waals surface area (Å²) in [5.41, 5.74) is 2.14. The summed E-state index contributed by atoms with van der Waals surface area (Å²) in [4.78, 5) is 12.6. The molecule has 1 heterocycles. The van der Waals surface area contributed by atoms with Gasteiger partial charge in [0.1, 0.15) is 0 Å². The number of amides is 1. The van der Waals surface area contributed by atoms with Crippen LogP contribution in [0.15, 0.2) is 36.4 Å². The molecule has 2 aromatic carbocycles. The lowest BCUT2D eigenvalue weighted by Crippen LogP contribution is -2.38. The number of hydrogen-bond donors (Lipinski definition) is 1. The maximum atomic E-state index is 12.6. The number of halogens is 2. The van der Waals surface area contributed by atoms with E-state index in [1.54, 1.807) is 36.4 Å². The Kier molecular flexibility index (Phi) is 5.46. The van der Waals surface area contributed by atoms with Crippen LogP contribution in [-0.4, -0.2) is 26.6 Å². The molecule has 2 aromatic rings. The van der Waals surface area contributed by atoms with Crippen LogP contribution >= 0.6 is 23.2 Å². The molecule has 1 fully saturated rings. The van der Waals surface area contributed by atoms with E-state index in [0.717, 1.165) is 12.0 Å². The second kappa shape index (κ2) is 7.47. The molecule has 138 valence electrons. The highest BCUT2D eigenvalue weighted by molar-refractivity contribution is 7.92. The summed E-state index contributed by atoms with van der Waals surface area (Å²) < 4.78 is 26.2. The van der Waals surface area contributed by atoms with Gasteiger partial charge in [0.05, 0.1) is 22.2 Å². The van der Waals surface area contributed by atoms with E-state index in [1.807, 2.05) is 6.92 Å². The van der Waals surface area contributed by atoms with E-state index in [2.05, 4.69) is 5.32 Å². The minimum atomic E-state index is -3.35. The van der Waals surface area contributed by atoms with Gasteiger partial charge in [-0.2, -0.15) is 0 Å². The minimum Gasteiger partial charge on any atom is -0.321 e. The van der Waals surface area contributed by atoms with Crippen LogP contribution in [-0.2, 0) is 10.0 Å². The van der Waals surface area contributed by atoms with Crippen LogP contribution in [0.1, 0.15) is 28.8 Å². The third-order valence-electron chi connectivity index (χ3n) is 4.27. The fourth-order valence-corrected chi connectivity index (χ4v) is 5.01. The van der Waals surface area contributed by atoms with Gasteiger partial charge in [0, 0.05) is 17.1 Å².